The molecule has 20 heavy (non-hydrogen) atoms. The molecule has 0 aromatic heterocycles. The number of hydrogen-bond donors (Lipinski definition) is 1. The summed E-state index contributed by atoms with van der Waals surface area (Å²) < 4.78 is 0.727. The third-order valence-electron chi connectivity index (χ3n) is 3.58. The zero-order valence-corrected chi connectivity index (χ0v) is 12.6. The van der Waals surface area contributed by atoms with Gasteiger partial charge in [0.2, 0.25) is 11.8 Å². The third-order valence-corrected chi connectivity index (χ3v) is 4.90. The largest absolute Gasteiger partial charge is 0.330 e. The number of benzene rings is 1. The number of amides is 3. The van der Waals surface area contributed by atoms with Gasteiger partial charge in [0.25, 0.3) is 5.91 Å². The number of imide groups is 1. The number of nitrogens with zero attached hydrogens (tertiary/aromatic N) is 1. The van der Waals surface area contributed by atoms with E-state index < -0.39 is 6.04 Å². The van der Waals surface area contributed by atoms with Gasteiger partial charge in [-0.15, -0.1) is 0 Å². The summed E-state index contributed by atoms with van der Waals surface area (Å²) in [5.41, 5.74) is 1.28. The van der Waals surface area contributed by atoms with E-state index in [0.29, 0.717) is 17.1 Å². The van der Waals surface area contributed by atoms with Gasteiger partial charge in [0.05, 0.1) is 5.02 Å². The highest BCUT2D eigenvalue weighted by Gasteiger charge is 2.38. The molecule has 1 aromatic rings. The Kier molecular flexibility index (Phi) is 3.30. The van der Waals surface area contributed by atoms with Gasteiger partial charge in [-0.2, -0.15) is 0 Å². The van der Waals surface area contributed by atoms with Gasteiger partial charge in [-0.05, 0) is 28.1 Å². The molecule has 7 heteroatoms. The van der Waals surface area contributed by atoms with Crippen LogP contribution < -0.4 is 5.32 Å². The maximum Gasteiger partial charge on any atom is 0.254 e. The van der Waals surface area contributed by atoms with Gasteiger partial charge in [0.15, 0.2) is 0 Å². The van der Waals surface area contributed by atoms with Crippen molar-refractivity contribution < 1.29 is 14.4 Å². The summed E-state index contributed by atoms with van der Waals surface area (Å²) >= 11 is 9.52. The minimum atomic E-state index is -0.397. The standard InChI is InChI=1S/C13H10BrClN2O3/c14-9-2-1-7-8(12(9)15)5-17(13(7)20)6-3-10(18)16-11(19)4-6/h1-2,6H,3-5H2,(H,16,18,19). The van der Waals surface area contributed by atoms with Gasteiger partial charge in [0.1, 0.15) is 0 Å². The van der Waals surface area contributed by atoms with E-state index in [1.807, 2.05) is 0 Å². The van der Waals surface area contributed by atoms with E-state index in [-0.39, 0.29) is 30.6 Å². The average molecular weight is 358 g/mol. The summed E-state index contributed by atoms with van der Waals surface area (Å²) in [5, 5.41) is 2.74. The lowest BCUT2D eigenvalue weighted by molar-refractivity contribution is -0.135. The summed E-state index contributed by atoms with van der Waals surface area (Å²) in [6.45, 7) is 0.331. The van der Waals surface area contributed by atoms with Crippen molar-refractivity contribution in [1.29, 1.82) is 0 Å². The Hall–Kier alpha value is -1.40. The Balaban J connectivity index is 1.92. The summed E-state index contributed by atoms with van der Waals surface area (Å²) in [6, 6.07) is 3.03. The van der Waals surface area contributed by atoms with Crippen LogP contribution in [0.15, 0.2) is 16.6 Å². The van der Waals surface area contributed by atoms with Crippen LogP contribution in [0.4, 0.5) is 0 Å². The molecule has 0 atom stereocenters. The molecule has 3 rings (SSSR count). The number of nitrogens with one attached hydrogen (secondary N) is 1. The summed E-state index contributed by atoms with van der Waals surface area (Å²) in [4.78, 5) is 36.8. The van der Waals surface area contributed by atoms with Crippen molar-refractivity contribution in [3.8, 4) is 0 Å². The van der Waals surface area contributed by atoms with E-state index in [1.54, 1.807) is 17.0 Å². The van der Waals surface area contributed by atoms with Crippen molar-refractivity contribution in [3.63, 3.8) is 0 Å². The van der Waals surface area contributed by atoms with E-state index >= 15 is 0 Å². The predicted octanol–water partition coefficient (Wildman–Crippen LogP) is 1.86. The van der Waals surface area contributed by atoms with Crippen LogP contribution in [-0.2, 0) is 16.1 Å². The van der Waals surface area contributed by atoms with Gasteiger partial charge in [-0.3, -0.25) is 19.7 Å². The second-order valence-electron chi connectivity index (χ2n) is 4.85. The highest BCUT2D eigenvalue weighted by atomic mass is 79.9. The summed E-state index contributed by atoms with van der Waals surface area (Å²) in [6.07, 6.45) is 0.286. The zero-order valence-electron chi connectivity index (χ0n) is 10.3. The molecular formula is C13H10BrClN2O3. The van der Waals surface area contributed by atoms with Crippen molar-refractivity contribution in [1.82, 2.24) is 10.2 Å². The zero-order chi connectivity index (χ0) is 14.4. The highest BCUT2D eigenvalue weighted by molar-refractivity contribution is 9.10. The normalized spacial score (nSPS) is 19.3. The molecule has 0 radical (unpaired) electrons. The molecular weight excluding hydrogens is 348 g/mol. The first kappa shape index (κ1) is 13.6. The number of rotatable bonds is 1. The summed E-state index contributed by atoms with van der Waals surface area (Å²) in [5.74, 6) is -0.869. The molecule has 2 aliphatic heterocycles. The Morgan fingerprint density at radius 1 is 1.20 bits per heavy atom. The Bertz CT molecular complexity index is 631. The Morgan fingerprint density at radius 3 is 2.50 bits per heavy atom. The molecule has 3 amide bonds. The van der Waals surface area contributed by atoms with Crippen LogP contribution >= 0.6 is 27.5 Å². The number of carbonyl (C=O) groups is 3. The fourth-order valence-corrected chi connectivity index (χ4v) is 3.21. The van der Waals surface area contributed by atoms with E-state index in [1.165, 1.54) is 0 Å². The van der Waals surface area contributed by atoms with Gasteiger partial charge >= 0.3 is 0 Å². The van der Waals surface area contributed by atoms with Crippen molar-refractivity contribution in [2.75, 3.05) is 0 Å². The number of halogens is 2. The maximum atomic E-state index is 12.4. The fourth-order valence-electron chi connectivity index (χ4n) is 2.62. The van der Waals surface area contributed by atoms with Crippen LogP contribution in [0.1, 0.15) is 28.8 Å². The van der Waals surface area contributed by atoms with Gasteiger partial charge in [0, 0.05) is 41.0 Å². The molecule has 0 unspecified atom stereocenters. The fraction of sp³-hybridized carbons (Fsp3) is 0.308. The predicted molar refractivity (Wildman–Crippen MR) is 75.2 cm³/mol. The van der Waals surface area contributed by atoms with Crippen LogP contribution in [0, 0.1) is 0 Å². The second-order valence-corrected chi connectivity index (χ2v) is 6.09. The van der Waals surface area contributed by atoms with Crippen LogP contribution in [0.2, 0.25) is 5.02 Å². The van der Waals surface area contributed by atoms with E-state index in [2.05, 4.69) is 21.2 Å². The minimum Gasteiger partial charge on any atom is -0.330 e. The Morgan fingerprint density at radius 2 is 1.85 bits per heavy atom. The van der Waals surface area contributed by atoms with Crippen molar-refractivity contribution in [2.45, 2.75) is 25.4 Å². The van der Waals surface area contributed by atoms with Crippen LogP contribution in [-0.4, -0.2) is 28.7 Å². The topological polar surface area (TPSA) is 66.5 Å². The quantitative estimate of drug-likeness (QED) is 0.780. The molecule has 1 aromatic carbocycles. The molecule has 0 saturated carbocycles. The molecule has 0 aliphatic carbocycles. The van der Waals surface area contributed by atoms with Gasteiger partial charge < -0.3 is 4.90 Å². The lowest BCUT2D eigenvalue weighted by Gasteiger charge is -2.29. The molecule has 0 spiro atoms. The smallest absolute Gasteiger partial charge is 0.254 e. The number of carbonyl (C=O) groups excluding carboxylic acids is 3. The molecule has 104 valence electrons. The number of hydrogen-bond acceptors (Lipinski definition) is 3. The molecule has 1 N–H and O–H groups in total. The van der Waals surface area contributed by atoms with Crippen molar-refractivity contribution in [3.05, 3.63) is 32.8 Å². The maximum absolute atomic E-state index is 12.4. The molecule has 1 fully saturated rings. The number of piperidine rings is 1. The van der Waals surface area contributed by atoms with Crippen molar-refractivity contribution in [2.24, 2.45) is 0 Å². The molecule has 2 aliphatic rings. The second kappa shape index (κ2) is 4.86. The lowest BCUT2D eigenvalue weighted by atomic mass is 10.0. The Labute approximate surface area is 128 Å². The van der Waals surface area contributed by atoms with Crippen LogP contribution in [0.3, 0.4) is 0 Å². The number of fused-ring (bicyclic) bond motifs is 1. The van der Waals surface area contributed by atoms with Gasteiger partial charge in [-0.25, -0.2) is 0 Å². The first-order valence-electron chi connectivity index (χ1n) is 6.08. The molecule has 2 heterocycles. The SMILES string of the molecule is O=C1CC(N2Cc3c(ccc(Br)c3Cl)C2=O)CC(=O)N1. The minimum absolute atomic E-state index is 0.143. The lowest BCUT2D eigenvalue weighted by Crippen LogP contribution is -2.48. The van der Waals surface area contributed by atoms with Crippen molar-refractivity contribution >= 4 is 45.3 Å². The first-order chi connectivity index (χ1) is 9.47. The van der Waals surface area contributed by atoms with E-state index in [0.717, 1.165) is 10.0 Å². The van der Waals surface area contributed by atoms with Crippen LogP contribution in [0.5, 0.6) is 0 Å². The van der Waals surface area contributed by atoms with Gasteiger partial charge in [-0.1, -0.05) is 11.6 Å². The van der Waals surface area contributed by atoms with E-state index in [9.17, 15) is 14.4 Å². The monoisotopic (exact) mass is 356 g/mol. The average Bonchev–Trinajstić information content (AvgIpc) is 2.71. The molecule has 1 saturated heterocycles. The molecule has 0 bridgehead atoms. The first-order valence-corrected chi connectivity index (χ1v) is 7.25. The molecule has 5 nitrogen and oxygen atoms in total. The van der Waals surface area contributed by atoms with Crippen LogP contribution in [0.25, 0.3) is 0 Å². The third kappa shape index (κ3) is 2.13. The highest BCUT2D eigenvalue weighted by Crippen LogP contribution is 2.36. The summed E-state index contributed by atoms with van der Waals surface area (Å²) in [7, 11) is 0. The van der Waals surface area contributed by atoms with E-state index in [4.69, 9.17) is 11.6 Å².